The summed E-state index contributed by atoms with van der Waals surface area (Å²) >= 11 is 6.39. The normalized spacial score (nSPS) is 26.7. The first-order chi connectivity index (χ1) is 10.1. The van der Waals surface area contributed by atoms with Crippen molar-refractivity contribution >= 4 is 11.6 Å². The number of aryl methyl sites for hydroxylation is 1. The summed E-state index contributed by atoms with van der Waals surface area (Å²) in [6.07, 6.45) is 3.99. The van der Waals surface area contributed by atoms with Gasteiger partial charge in [0.25, 0.3) is 0 Å². The van der Waals surface area contributed by atoms with Crippen LogP contribution in [0.1, 0.15) is 42.9 Å². The molecule has 0 aromatic heterocycles. The molecule has 2 heterocycles. The van der Waals surface area contributed by atoms with Gasteiger partial charge >= 0.3 is 0 Å². The van der Waals surface area contributed by atoms with Crippen LogP contribution in [0.15, 0.2) is 18.2 Å². The molecule has 2 saturated heterocycles. The van der Waals surface area contributed by atoms with Crippen LogP contribution in [0.5, 0.6) is 0 Å². The Kier molecular flexibility index (Phi) is 4.55. The van der Waals surface area contributed by atoms with Gasteiger partial charge in [0.15, 0.2) is 0 Å². The number of ether oxygens (including phenoxy) is 2. The lowest BCUT2D eigenvalue weighted by molar-refractivity contribution is -0.149. The van der Waals surface area contributed by atoms with Crippen molar-refractivity contribution in [2.75, 3.05) is 19.8 Å². The van der Waals surface area contributed by atoms with Gasteiger partial charge in [0, 0.05) is 30.9 Å². The second-order valence-electron chi connectivity index (χ2n) is 6.45. The SMILES string of the molecule is Cc1ccc(C(N)C2CCOC3(CCOCC3)C2)c(Cl)c1. The van der Waals surface area contributed by atoms with Crippen LogP contribution in [0, 0.1) is 12.8 Å². The second kappa shape index (κ2) is 6.25. The minimum absolute atomic E-state index is 0.0123. The van der Waals surface area contributed by atoms with E-state index in [0.29, 0.717) is 5.92 Å². The van der Waals surface area contributed by atoms with E-state index in [4.69, 9.17) is 26.8 Å². The van der Waals surface area contributed by atoms with Crippen LogP contribution in [0.2, 0.25) is 5.02 Å². The monoisotopic (exact) mass is 309 g/mol. The molecule has 1 spiro atoms. The van der Waals surface area contributed by atoms with E-state index in [1.807, 2.05) is 13.0 Å². The average Bonchev–Trinajstić information content (AvgIpc) is 2.47. The lowest BCUT2D eigenvalue weighted by atomic mass is 9.76. The maximum Gasteiger partial charge on any atom is 0.0729 e. The summed E-state index contributed by atoms with van der Waals surface area (Å²) in [5.74, 6) is 0.428. The standard InChI is InChI=1S/C17H24ClNO2/c1-12-2-3-14(15(18)10-12)16(19)13-4-7-21-17(11-13)5-8-20-9-6-17/h2-3,10,13,16H,4-9,11,19H2,1H3. The largest absolute Gasteiger partial charge is 0.381 e. The van der Waals surface area contributed by atoms with E-state index in [2.05, 4.69) is 12.1 Å². The van der Waals surface area contributed by atoms with E-state index in [1.54, 1.807) is 0 Å². The first kappa shape index (κ1) is 15.3. The van der Waals surface area contributed by atoms with Gasteiger partial charge in [0.05, 0.1) is 5.60 Å². The van der Waals surface area contributed by atoms with E-state index < -0.39 is 0 Å². The van der Waals surface area contributed by atoms with E-state index in [9.17, 15) is 0 Å². The summed E-state index contributed by atoms with van der Waals surface area (Å²) < 4.78 is 11.6. The van der Waals surface area contributed by atoms with Crippen LogP contribution in [0.25, 0.3) is 0 Å². The molecule has 21 heavy (non-hydrogen) atoms. The number of hydrogen-bond acceptors (Lipinski definition) is 3. The van der Waals surface area contributed by atoms with Crippen molar-refractivity contribution in [3.63, 3.8) is 0 Å². The predicted octanol–water partition coefficient (Wildman–Crippen LogP) is 3.62. The molecule has 2 atom stereocenters. The Morgan fingerprint density at radius 2 is 2.05 bits per heavy atom. The van der Waals surface area contributed by atoms with Gasteiger partial charge in [0.1, 0.15) is 0 Å². The maximum atomic E-state index is 6.54. The number of benzene rings is 1. The molecule has 0 bridgehead atoms. The maximum absolute atomic E-state index is 6.54. The third-order valence-corrected chi connectivity index (χ3v) is 5.29. The van der Waals surface area contributed by atoms with Crippen molar-refractivity contribution in [2.45, 2.75) is 44.2 Å². The van der Waals surface area contributed by atoms with Crippen molar-refractivity contribution in [1.29, 1.82) is 0 Å². The van der Waals surface area contributed by atoms with Gasteiger partial charge < -0.3 is 15.2 Å². The Bertz CT molecular complexity index is 494. The van der Waals surface area contributed by atoms with Crippen LogP contribution in [0.4, 0.5) is 0 Å². The molecular formula is C17H24ClNO2. The van der Waals surface area contributed by atoms with E-state index in [0.717, 1.165) is 56.1 Å². The molecule has 0 aliphatic carbocycles. The molecule has 1 aromatic rings. The second-order valence-corrected chi connectivity index (χ2v) is 6.85. The topological polar surface area (TPSA) is 44.5 Å². The van der Waals surface area contributed by atoms with Gasteiger partial charge in [-0.15, -0.1) is 0 Å². The Labute approximate surface area is 131 Å². The quantitative estimate of drug-likeness (QED) is 0.907. The third kappa shape index (κ3) is 3.26. The Balaban J connectivity index is 1.76. The first-order valence-corrected chi connectivity index (χ1v) is 8.21. The van der Waals surface area contributed by atoms with Crippen molar-refractivity contribution in [2.24, 2.45) is 11.7 Å². The fourth-order valence-electron chi connectivity index (χ4n) is 3.62. The molecule has 2 unspecified atom stereocenters. The smallest absolute Gasteiger partial charge is 0.0729 e. The Hall–Kier alpha value is -0.610. The van der Waals surface area contributed by atoms with Crippen molar-refractivity contribution in [1.82, 2.24) is 0 Å². The van der Waals surface area contributed by atoms with Crippen LogP contribution in [-0.2, 0) is 9.47 Å². The van der Waals surface area contributed by atoms with Crippen LogP contribution in [0.3, 0.4) is 0 Å². The zero-order valence-electron chi connectivity index (χ0n) is 12.6. The molecule has 3 rings (SSSR count). The van der Waals surface area contributed by atoms with Gasteiger partial charge in [-0.25, -0.2) is 0 Å². The molecule has 116 valence electrons. The zero-order chi connectivity index (χ0) is 14.9. The fourth-order valence-corrected chi connectivity index (χ4v) is 3.98. The predicted molar refractivity (Wildman–Crippen MR) is 84.6 cm³/mol. The summed E-state index contributed by atoms with van der Waals surface area (Å²) in [6.45, 7) is 4.44. The molecule has 4 heteroatoms. The number of halogens is 1. The molecule has 0 amide bonds. The molecular weight excluding hydrogens is 286 g/mol. The number of hydrogen-bond donors (Lipinski definition) is 1. The van der Waals surface area contributed by atoms with Gasteiger partial charge in [-0.3, -0.25) is 0 Å². The van der Waals surface area contributed by atoms with E-state index in [-0.39, 0.29) is 11.6 Å². The van der Waals surface area contributed by atoms with Crippen molar-refractivity contribution in [3.05, 3.63) is 34.3 Å². The van der Waals surface area contributed by atoms with E-state index in [1.165, 1.54) is 5.56 Å². The minimum Gasteiger partial charge on any atom is -0.381 e. The Morgan fingerprint density at radius 1 is 1.29 bits per heavy atom. The van der Waals surface area contributed by atoms with Gasteiger partial charge in [-0.05, 0) is 55.7 Å². The summed E-state index contributed by atoms with van der Waals surface area (Å²) in [6, 6.07) is 6.15. The van der Waals surface area contributed by atoms with Crippen LogP contribution >= 0.6 is 11.6 Å². The molecule has 1 aromatic carbocycles. The number of rotatable bonds is 2. The van der Waals surface area contributed by atoms with Crippen LogP contribution in [-0.4, -0.2) is 25.4 Å². The lowest BCUT2D eigenvalue weighted by Crippen LogP contribution is -2.46. The zero-order valence-corrected chi connectivity index (χ0v) is 13.4. The average molecular weight is 310 g/mol. The molecule has 2 N–H and O–H groups in total. The van der Waals surface area contributed by atoms with Crippen LogP contribution < -0.4 is 5.73 Å². The molecule has 2 aliphatic heterocycles. The number of nitrogens with two attached hydrogens (primary N) is 1. The van der Waals surface area contributed by atoms with Gasteiger partial charge in [-0.2, -0.15) is 0 Å². The summed E-state index contributed by atoms with van der Waals surface area (Å²) in [5, 5.41) is 0.787. The third-order valence-electron chi connectivity index (χ3n) is 4.96. The molecule has 0 radical (unpaired) electrons. The molecule has 2 fully saturated rings. The summed E-state index contributed by atoms with van der Waals surface area (Å²) in [5.41, 5.74) is 8.76. The summed E-state index contributed by atoms with van der Waals surface area (Å²) in [4.78, 5) is 0. The molecule has 3 nitrogen and oxygen atoms in total. The lowest BCUT2D eigenvalue weighted by Gasteiger charge is -2.44. The highest BCUT2D eigenvalue weighted by atomic mass is 35.5. The highest BCUT2D eigenvalue weighted by Crippen LogP contribution is 2.42. The van der Waals surface area contributed by atoms with Crippen molar-refractivity contribution in [3.8, 4) is 0 Å². The molecule has 2 aliphatic rings. The highest BCUT2D eigenvalue weighted by Gasteiger charge is 2.41. The first-order valence-electron chi connectivity index (χ1n) is 7.83. The molecule has 0 saturated carbocycles. The fraction of sp³-hybridized carbons (Fsp3) is 0.647. The highest BCUT2D eigenvalue weighted by molar-refractivity contribution is 6.31. The Morgan fingerprint density at radius 3 is 2.76 bits per heavy atom. The van der Waals surface area contributed by atoms with Crippen molar-refractivity contribution < 1.29 is 9.47 Å². The minimum atomic E-state index is -0.0179. The van der Waals surface area contributed by atoms with Gasteiger partial charge in [-0.1, -0.05) is 23.7 Å². The van der Waals surface area contributed by atoms with E-state index >= 15 is 0 Å². The van der Waals surface area contributed by atoms with Gasteiger partial charge in [0.2, 0.25) is 0 Å². The summed E-state index contributed by atoms with van der Waals surface area (Å²) in [7, 11) is 0.